The second-order valence-electron chi connectivity index (χ2n) is 5.29. The first-order chi connectivity index (χ1) is 10.7. The highest BCUT2D eigenvalue weighted by molar-refractivity contribution is 6.33. The van der Waals surface area contributed by atoms with Crippen LogP contribution in [0, 0.1) is 0 Å². The van der Waals surface area contributed by atoms with Crippen molar-refractivity contribution in [2.24, 2.45) is 0 Å². The summed E-state index contributed by atoms with van der Waals surface area (Å²) in [4.78, 5) is 0. The summed E-state index contributed by atoms with van der Waals surface area (Å²) in [7, 11) is 1.63. The van der Waals surface area contributed by atoms with Crippen molar-refractivity contribution in [2.45, 2.75) is 38.0 Å². The third-order valence-electron chi connectivity index (χ3n) is 3.73. The zero-order chi connectivity index (χ0) is 15.9. The molecule has 0 aromatic heterocycles. The summed E-state index contributed by atoms with van der Waals surface area (Å²) in [5.74, 6) is 1.50. The molecule has 2 nitrogen and oxygen atoms in total. The third-order valence-corrected chi connectivity index (χ3v) is 4.54. The first-order valence-corrected chi connectivity index (χ1v) is 8.51. The van der Waals surface area contributed by atoms with E-state index >= 15 is 0 Å². The van der Waals surface area contributed by atoms with Crippen molar-refractivity contribution in [3.63, 3.8) is 0 Å². The Morgan fingerprint density at radius 2 is 1.86 bits per heavy atom. The van der Waals surface area contributed by atoms with Gasteiger partial charge in [-0.25, -0.2) is 0 Å². The number of unbranched alkanes of at least 4 members (excludes halogenated alkanes) is 1. The standard InChI is InChI=1S/C18H22Cl2O2/c1-3-13(19)8-6-7-11-22-17-12-16(20)18(21-2)15-10-5-4-9-14(15)17/h4-5,9-10,12-13H,3,6-8,11H2,1-2H3. The van der Waals surface area contributed by atoms with Gasteiger partial charge in [0.1, 0.15) is 11.5 Å². The maximum atomic E-state index is 6.29. The minimum absolute atomic E-state index is 0.274. The SMILES string of the molecule is CCC(Cl)CCCCOc1cc(Cl)c(OC)c2ccccc12. The lowest BCUT2D eigenvalue weighted by Crippen LogP contribution is -2.01. The van der Waals surface area contributed by atoms with Crippen LogP contribution < -0.4 is 9.47 Å². The molecule has 0 bridgehead atoms. The van der Waals surface area contributed by atoms with Crippen molar-refractivity contribution in [1.82, 2.24) is 0 Å². The monoisotopic (exact) mass is 340 g/mol. The molecular weight excluding hydrogens is 319 g/mol. The number of alkyl halides is 1. The number of ether oxygens (including phenoxy) is 2. The average Bonchev–Trinajstić information content (AvgIpc) is 2.54. The molecule has 4 heteroatoms. The maximum absolute atomic E-state index is 6.29. The lowest BCUT2D eigenvalue weighted by molar-refractivity contribution is 0.308. The summed E-state index contributed by atoms with van der Waals surface area (Å²) in [5.41, 5.74) is 0. The molecular formula is C18H22Cl2O2. The molecule has 0 heterocycles. The first kappa shape index (κ1) is 17.2. The van der Waals surface area contributed by atoms with E-state index in [0.29, 0.717) is 17.4 Å². The van der Waals surface area contributed by atoms with Gasteiger partial charge in [0.15, 0.2) is 0 Å². The topological polar surface area (TPSA) is 18.5 Å². The van der Waals surface area contributed by atoms with E-state index in [9.17, 15) is 0 Å². The van der Waals surface area contributed by atoms with Gasteiger partial charge in [-0.15, -0.1) is 11.6 Å². The Labute approximate surface area is 142 Å². The highest BCUT2D eigenvalue weighted by Crippen LogP contribution is 2.39. The zero-order valence-electron chi connectivity index (χ0n) is 13.1. The van der Waals surface area contributed by atoms with Crippen molar-refractivity contribution in [1.29, 1.82) is 0 Å². The van der Waals surface area contributed by atoms with Crippen molar-refractivity contribution < 1.29 is 9.47 Å². The maximum Gasteiger partial charge on any atom is 0.145 e. The largest absolute Gasteiger partial charge is 0.495 e. The molecule has 0 saturated heterocycles. The Bertz CT molecular complexity index is 613. The van der Waals surface area contributed by atoms with Crippen LogP contribution in [0.3, 0.4) is 0 Å². The van der Waals surface area contributed by atoms with Gasteiger partial charge in [-0.3, -0.25) is 0 Å². The quantitative estimate of drug-likeness (QED) is 0.429. The Hall–Kier alpha value is -1.12. The first-order valence-electron chi connectivity index (χ1n) is 7.69. The molecule has 0 saturated carbocycles. The Morgan fingerprint density at radius 3 is 2.55 bits per heavy atom. The van der Waals surface area contributed by atoms with Crippen LogP contribution in [0.2, 0.25) is 5.02 Å². The molecule has 2 rings (SSSR count). The van der Waals surface area contributed by atoms with Gasteiger partial charge in [0.2, 0.25) is 0 Å². The molecule has 120 valence electrons. The number of benzene rings is 2. The van der Waals surface area contributed by atoms with Crippen LogP contribution in [0.25, 0.3) is 10.8 Å². The van der Waals surface area contributed by atoms with Crippen molar-refractivity contribution in [2.75, 3.05) is 13.7 Å². The molecule has 1 atom stereocenters. The van der Waals surface area contributed by atoms with Gasteiger partial charge in [-0.2, -0.15) is 0 Å². The molecule has 0 amide bonds. The molecule has 22 heavy (non-hydrogen) atoms. The molecule has 0 aliphatic rings. The summed E-state index contributed by atoms with van der Waals surface area (Å²) in [6.07, 6.45) is 4.11. The molecule has 0 N–H and O–H groups in total. The molecule has 2 aromatic rings. The number of hydrogen-bond donors (Lipinski definition) is 0. The molecule has 0 aliphatic heterocycles. The Morgan fingerprint density at radius 1 is 1.14 bits per heavy atom. The van der Waals surface area contributed by atoms with E-state index in [1.807, 2.05) is 30.3 Å². The van der Waals surface area contributed by atoms with E-state index in [1.54, 1.807) is 7.11 Å². The summed E-state index contributed by atoms with van der Waals surface area (Å²) in [6.45, 7) is 2.78. The molecule has 0 aliphatic carbocycles. The van der Waals surface area contributed by atoms with Gasteiger partial charge in [0.25, 0.3) is 0 Å². The van der Waals surface area contributed by atoms with E-state index in [2.05, 4.69) is 6.92 Å². The number of methoxy groups -OCH3 is 1. The minimum atomic E-state index is 0.274. The van der Waals surface area contributed by atoms with Crippen LogP contribution >= 0.6 is 23.2 Å². The van der Waals surface area contributed by atoms with E-state index in [-0.39, 0.29) is 5.38 Å². The second kappa shape index (κ2) is 8.50. The van der Waals surface area contributed by atoms with Gasteiger partial charge in [-0.05, 0) is 25.7 Å². The minimum Gasteiger partial charge on any atom is -0.495 e. The zero-order valence-corrected chi connectivity index (χ0v) is 14.6. The lowest BCUT2D eigenvalue weighted by Gasteiger charge is -2.14. The fraction of sp³-hybridized carbons (Fsp3) is 0.444. The van der Waals surface area contributed by atoms with Crippen molar-refractivity contribution in [3.8, 4) is 11.5 Å². The van der Waals surface area contributed by atoms with Crippen LogP contribution in [-0.2, 0) is 0 Å². The molecule has 1 unspecified atom stereocenters. The van der Waals surface area contributed by atoms with Gasteiger partial charge in [0, 0.05) is 22.2 Å². The second-order valence-corrected chi connectivity index (χ2v) is 6.31. The van der Waals surface area contributed by atoms with Crippen LogP contribution in [0.1, 0.15) is 32.6 Å². The predicted molar refractivity (Wildman–Crippen MR) is 94.8 cm³/mol. The average molecular weight is 341 g/mol. The molecule has 0 radical (unpaired) electrons. The van der Waals surface area contributed by atoms with Gasteiger partial charge in [0.05, 0.1) is 18.7 Å². The summed E-state index contributed by atoms with van der Waals surface area (Å²) in [5, 5.41) is 2.84. The fourth-order valence-corrected chi connectivity index (χ4v) is 2.90. The number of fused-ring (bicyclic) bond motifs is 1. The molecule has 2 aromatic carbocycles. The highest BCUT2D eigenvalue weighted by atomic mass is 35.5. The predicted octanol–water partition coefficient (Wildman–Crippen LogP) is 6.07. The van der Waals surface area contributed by atoms with Gasteiger partial charge < -0.3 is 9.47 Å². The normalized spacial score (nSPS) is 12.4. The van der Waals surface area contributed by atoms with Crippen molar-refractivity contribution >= 4 is 34.0 Å². The number of halogens is 2. The Kier molecular flexibility index (Phi) is 6.66. The lowest BCUT2D eigenvalue weighted by atomic mass is 10.1. The van der Waals surface area contributed by atoms with Crippen LogP contribution in [0.4, 0.5) is 0 Å². The third kappa shape index (κ3) is 4.21. The van der Waals surface area contributed by atoms with Crippen LogP contribution in [-0.4, -0.2) is 19.1 Å². The van der Waals surface area contributed by atoms with Crippen LogP contribution in [0.15, 0.2) is 30.3 Å². The van der Waals surface area contributed by atoms with E-state index in [4.69, 9.17) is 32.7 Å². The summed E-state index contributed by atoms with van der Waals surface area (Å²) < 4.78 is 11.3. The van der Waals surface area contributed by atoms with Gasteiger partial charge in [-0.1, -0.05) is 42.8 Å². The highest BCUT2D eigenvalue weighted by Gasteiger charge is 2.12. The van der Waals surface area contributed by atoms with E-state index < -0.39 is 0 Å². The Balaban J connectivity index is 2.05. The van der Waals surface area contributed by atoms with E-state index in [1.165, 1.54) is 0 Å². The van der Waals surface area contributed by atoms with Crippen molar-refractivity contribution in [3.05, 3.63) is 35.4 Å². The van der Waals surface area contributed by atoms with E-state index in [0.717, 1.165) is 42.2 Å². The number of rotatable bonds is 8. The van der Waals surface area contributed by atoms with Crippen LogP contribution in [0.5, 0.6) is 11.5 Å². The summed E-state index contributed by atoms with van der Waals surface area (Å²) in [6, 6.07) is 9.80. The smallest absolute Gasteiger partial charge is 0.145 e. The summed E-state index contributed by atoms with van der Waals surface area (Å²) >= 11 is 12.4. The number of hydrogen-bond acceptors (Lipinski definition) is 2. The molecule has 0 spiro atoms. The van der Waals surface area contributed by atoms with Gasteiger partial charge >= 0.3 is 0 Å². The molecule has 0 fully saturated rings. The fourth-order valence-electron chi connectivity index (χ4n) is 2.46.